The number of nitrogens with zero attached hydrogens (tertiary/aromatic N) is 1. The van der Waals surface area contributed by atoms with E-state index in [1.54, 1.807) is 0 Å². The van der Waals surface area contributed by atoms with Gasteiger partial charge in [-0.2, -0.15) is 0 Å². The van der Waals surface area contributed by atoms with Crippen LogP contribution in [-0.4, -0.2) is 47.5 Å². The summed E-state index contributed by atoms with van der Waals surface area (Å²) in [6.07, 6.45) is 2.81. The Balaban J connectivity index is 2.17. The van der Waals surface area contributed by atoms with E-state index in [9.17, 15) is 5.11 Å². The number of hydrogen-bond donors (Lipinski definition) is 2. The van der Waals surface area contributed by atoms with Gasteiger partial charge in [-0.25, -0.2) is 0 Å². The van der Waals surface area contributed by atoms with E-state index in [1.165, 1.54) is 0 Å². The van der Waals surface area contributed by atoms with Gasteiger partial charge in [0, 0.05) is 13.2 Å². The number of aliphatic hydroxyl groups is 2. The highest BCUT2D eigenvalue weighted by Crippen LogP contribution is 2.16. The molecule has 1 aliphatic heterocycles. The predicted octanol–water partition coefficient (Wildman–Crippen LogP) is 0.462. The lowest BCUT2D eigenvalue weighted by Crippen LogP contribution is -2.39. The van der Waals surface area contributed by atoms with Gasteiger partial charge >= 0.3 is 0 Å². The maximum Gasteiger partial charge on any atom is 0.0664 e. The lowest BCUT2D eigenvalue weighted by molar-refractivity contribution is 0.0747. The number of hydrogen-bond acceptors (Lipinski definition) is 3. The molecular weight excluding hydrogens is 166 g/mol. The van der Waals surface area contributed by atoms with Crippen LogP contribution in [0.4, 0.5) is 0 Å². The minimum absolute atomic E-state index is 0.175. The summed E-state index contributed by atoms with van der Waals surface area (Å²) in [5.41, 5.74) is 0. The Morgan fingerprint density at radius 2 is 2.00 bits per heavy atom. The van der Waals surface area contributed by atoms with Gasteiger partial charge in [0.25, 0.3) is 0 Å². The Morgan fingerprint density at radius 3 is 2.46 bits per heavy atom. The van der Waals surface area contributed by atoms with Gasteiger partial charge in [0.15, 0.2) is 0 Å². The second-order valence-corrected chi connectivity index (χ2v) is 3.99. The van der Waals surface area contributed by atoms with E-state index < -0.39 is 0 Å². The van der Waals surface area contributed by atoms with Gasteiger partial charge in [-0.1, -0.05) is 6.92 Å². The van der Waals surface area contributed by atoms with E-state index in [2.05, 4.69) is 4.90 Å². The van der Waals surface area contributed by atoms with Crippen LogP contribution in [0.3, 0.4) is 0 Å². The molecule has 0 aromatic rings. The van der Waals surface area contributed by atoms with Crippen LogP contribution in [0.1, 0.15) is 26.2 Å². The SMILES string of the molecule is CCC(O)CN1CCC(CO)CC1. The maximum absolute atomic E-state index is 9.44. The van der Waals surface area contributed by atoms with Crippen molar-refractivity contribution in [1.29, 1.82) is 0 Å². The lowest BCUT2D eigenvalue weighted by atomic mass is 9.97. The van der Waals surface area contributed by atoms with E-state index >= 15 is 0 Å². The van der Waals surface area contributed by atoms with Crippen molar-refractivity contribution in [3.8, 4) is 0 Å². The first-order chi connectivity index (χ1) is 6.26. The third-order valence-electron chi connectivity index (χ3n) is 2.91. The normalized spacial score (nSPS) is 23.3. The molecule has 13 heavy (non-hydrogen) atoms. The van der Waals surface area contributed by atoms with Crippen molar-refractivity contribution in [3.63, 3.8) is 0 Å². The summed E-state index contributed by atoms with van der Waals surface area (Å²) in [5.74, 6) is 0.495. The monoisotopic (exact) mass is 187 g/mol. The minimum Gasteiger partial charge on any atom is -0.396 e. The van der Waals surface area contributed by atoms with E-state index in [4.69, 9.17) is 5.11 Å². The molecule has 0 aromatic heterocycles. The summed E-state index contributed by atoms with van der Waals surface area (Å²) >= 11 is 0. The first-order valence-corrected chi connectivity index (χ1v) is 5.27. The molecule has 1 heterocycles. The smallest absolute Gasteiger partial charge is 0.0664 e. The molecule has 1 saturated heterocycles. The van der Waals surface area contributed by atoms with Crippen molar-refractivity contribution in [2.45, 2.75) is 32.3 Å². The van der Waals surface area contributed by atoms with Crippen LogP contribution < -0.4 is 0 Å². The van der Waals surface area contributed by atoms with Crippen molar-refractivity contribution < 1.29 is 10.2 Å². The zero-order chi connectivity index (χ0) is 9.68. The Kier molecular flexibility index (Phi) is 4.70. The predicted molar refractivity (Wildman–Crippen MR) is 52.5 cm³/mol. The first-order valence-electron chi connectivity index (χ1n) is 5.27. The molecule has 3 heteroatoms. The summed E-state index contributed by atoms with van der Waals surface area (Å²) in [6.45, 7) is 5.19. The molecule has 1 unspecified atom stereocenters. The fraction of sp³-hybridized carbons (Fsp3) is 1.00. The Hall–Kier alpha value is -0.120. The molecule has 78 valence electrons. The zero-order valence-corrected chi connectivity index (χ0v) is 8.45. The van der Waals surface area contributed by atoms with Gasteiger partial charge in [0.2, 0.25) is 0 Å². The average molecular weight is 187 g/mol. The highest BCUT2D eigenvalue weighted by molar-refractivity contribution is 4.73. The third kappa shape index (κ3) is 3.63. The Labute approximate surface area is 80.4 Å². The minimum atomic E-state index is -0.175. The van der Waals surface area contributed by atoms with Gasteiger partial charge in [0.05, 0.1) is 6.10 Å². The van der Waals surface area contributed by atoms with Gasteiger partial charge in [0.1, 0.15) is 0 Å². The standard InChI is InChI=1S/C10H21NO2/c1-2-10(13)7-11-5-3-9(8-12)4-6-11/h9-10,12-13H,2-8H2,1H3. The molecule has 1 fully saturated rings. The highest BCUT2D eigenvalue weighted by atomic mass is 16.3. The van der Waals surface area contributed by atoms with Crippen LogP contribution >= 0.6 is 0 Å². The highest BCUT2D eigenvalue weighted by Gasteiger charge is 2.19. The molecule has 0 aliphatic carbocycles. The van der Waals surface area contributed by atoms with Gasteiger partial charge in [-0.05, 0) is 38.3 Å². The van der Waals surface area contributed by atoms with Crippen LogP contribution in [0.25, 0.3) is 0 Å². The van der Waals surface area contributed by atoms with Crippen molar-refractivity contribution in [1.82, 2.24) is 4.90 Å². The van der Waals surface area contributed by atoms with E-state index in [-0.39, 0.29) is 6.10 Å². The molecular formula is C10H21NO2. The molecule has 1 rings (SSSR count). The molecule has 0 amide bonds. The number of β-amino-alcohol motifs (C(OH)–C–C–N with tert-alkyl or cyclic N) is 1. The van der Waals surface area contributed by atoms with Crippen molar-refractivity contribution in [3.05, 3.63) is 0 Å². The first kappa shape index (κ1) is 11.0. The summed E-state index contributed by atoms with van der Waals surface area (Å²) in [4.78, 5) is 2.29. The second kappa shape index (κ2) is 5.58. The van der Waals surface area contributed by atoms with Crippen molar-refractivity contribution in [2.24, 2.45) is 5.92 Å². The van der Waals surface area contributed by atoms with Crippen molar-refractivity contribution in [2.75, 3.05) is 26.2 Å². The van der Waals surface area contributed by atoms with Gasteiger partial charge in [-0.3, -0.25) is 0 Å². The molecule has 0 saturated carbocycles. The molecule has 1 atom stereocenters. The number of aliphatic hydroxyl groups excluding tert-OH is 2. The van der Waals surface area contributed by atoms with Gasteiger partial charge < -0.3 is 15.1 Å². The van der Waals surface area contributed by atoms with Crippen LogP contribution in [0.5, 0.6) is 0 Å². The number of rotatable bonds is 4. The molecule has 0 aromatic carbocycles. The maximum atomic E-state index is 9.44. The van der Waals surface area contributed by atoms with E-state index in [0.717, 1.165) is 38.9 Å². The van der Waals surface area contributed by atoms with Gasteiger partial charge in [-0.15, -0.1) is 0 Å². The second-order valence-electron chi connectivity index (χ2n) is 3.99. The van der Waals surface area contributed by atoms with Crippen LogP contribution in [-0.2, 0) is 0 Å². The van der Waals surface area contributed by atoms with E-state index in [0.29, 0.717) is 12.5 Å². The largest absolute Gasteiger partial charge is 0.396 e. The van der Waals surface area contributed by atoms with Crippen LogP contribution in [0, 0.1) is 5.92 Å². The Bertz CT molecular complexity index is 133. The molecule has 0 radical (unpaired) electrons. The third-order valence-corrected chi connectivity index (χ3v) is 2.91. The topological polar surface area (TPSA) is 43.7 Å². The summed E-state index contributed by atoms with van der Waals surface area (Å²) in [7, 11) is 0. The summed E-state index contributed by atoms with van der Waals surface area (Å²) in [6, 6.07) is 0. The van der Waals surface area contributed by atoms with Crippen LogP contribution in [0.15, 0.2) is 0 Å². The summed E-state index contributed by atoms with van der Waals surface area (Å²) < 4.78 is 0. The fourth-order valence-electron chi connectivity index (χ4n) is 1.78. The average Bonchev–Trinajstić information content (AvgIpc) is 2.19. The summed E-state index contributed by atoms with van der Waals surface area (Å²) in [5, 5.41) is 18.4. The molecule has 1 aliphatic rings. The molecule has 0 spiro atoms. The number of likely N-dealkylation sites (tertiary alicyclic amines) is 1. The quantitative estimate of drug-likeness (QED) is 0.672. The molecule has 3 nitrogen and oxygen atoms in total. The van der Waals surface area contributed by atoms with Crippen LogP contribution in [0.2, 0.25) is 0 Å². The van der Waals surface area contributed by atoms with E-state index in [1.807, 2.05) is 6.92 Å². The Morgan fingerprint density at radius 1 is 1.38 bits per heavy atom. The van der Waals surface area contributed by atoms with Crippen molar-refractivity contribution >= 4 is 0 Å². The molecule has 2 N–H and O–H groups in total. The number of piperidine rings is 1. The zero-order valence-electron chi connectivity index (χ0n) is 8.45. The lowest BCUT2D eigenvalue weighted by Gasteiger charge is -2.32. The fourth-order valence-corrected chi connectivity index (χ4v) is 1.78. The molecule has 0 bridgehead atoms.